The van der Waals surface area contributed by atoms with Crippen LogP contribution in [0.25, 0.3) is 0 Å². The first-order valence-electron chi connectivity index (χ1n) is 5.99. The summed E-state index contributed by atoms with van der Waals surface area (Å²) in [5.74, 6) is 1.47. The van der Waals surface area contributed by atoms with Crippen LogP contribution in [0.2, 0.25) is 0 Å². The highest BCUT2D eigenvalue weighted by Crippen LogP contribution is 2.53. The second-order valence-electron chi connectivity index (χ2n) is 5.31. The van der Waals surface area contributed by atoms with E-state index in [1.807, 2.05) is 6.07 Å². The van der Waals surface area contributed by atoms with E-state index in [4.69, 9.17) is 4.98 Å². The third-order valence-electron chi connectivity index (χ3n) is 4.21. The average Bonchev–Trinajstić information content (AvgIpc) is 3.21. The summed E-state index contributed by atoms with van der Waals surface area (Å²) in [5, 5.41) is 12.6. The van der Waals surface area contributed by atoms with Crippen molar-refractivity contribution in [1.29, 1.82) is 0 Å². The molecule has 0 saturated heterocycles. The largest absolute Gasteiger partial charge is 0.383 e. The number of hydrogen-bond donors (Lipinski definition) is 3. The second-order valence-corrected chi connectivity index (χ2v) is 5.31. The molecule has 0 radical (unpaired) electrons. The molecule has 2 fully saturated rings. The van der Waals surface area contributed by atoms with Gasteiger partial charge in [0.15, 0.2) is 0 Å². The molecule has 0 aromatic carbocycles. The van der Waals surface area contributed by atoms with Gasteiger partial charge in [0.2, 0.25) is 0 Å². The van der Waals surface area contributed by atoms with Gasteiger partial charge in [-0.2, -0.15) is 5.48 Å². The summed E-state index contributed by atoms with van der Waals surface area (Å²) in [6, 6.07) is 4.15. The number of aromatic nitrogens is 1. The summed E-state index contributed by atoms with van der Waals surface area (Å²) in [6.45, 7) is 1.10. The van der Waals surface area contributed by atoms with Crippen LogP contribution in [-0.4, -0.2) is 16.7 Å². The molecule has 1 aromatic rings. The van der Waals surface area contributed by atoms with E-state index in [0.29, 0.717) is 5.92 Å². The molecule has 0 bridgehead atoms. The van der Waals surface area contributed by atoms with Gasteiger partial charge in [0.25, 0.3) is 0 Å². The normalized spacial score (nSPS) is 32.3. The van der Waals surface area contributed by atoms with Gasteiger partial charge in [-0.25, -0.2) is 0 Å². The van der Waals surface area contributed by atoms with E-state index in [0.717, 1.165) is 31.0 Å². The van der Waals surface area contributed by atoms with Crippen molar-refractivity contribution in [2.75, 3.05) is 11.9 Å². The van der Waals surface area contributed by atoms with Crippen molar-refractivity contribution >= 4 is 5.69 Å². The minimum Gasteiger partial charge on any atom is -0.383 e. The second kappa shape index (κ2) is 2.76. The highest BCUT2D eigenvalue weighted by molar-refractivity contribution is 5.55. The van der Waals surface area contributed by atoms with E-state index in [-0.39, 0.29) is 6.97 Å². The van der Waals surface area contributed by atoms with Crippen molar-refractivity contribution in [2.24, 2.45) is 5.92 Å². The van der Waals surface area contributed by atoms with Crippen LogP contribution in [0.5, 0.6) is 0 Å². The lowest BCUT2D eigenvalue weighted by Gasteiger charge is -2.19. The minimum atomic E-state index is -0.239. The molecule has 86 valence electrons. The van der Waals surface area contributed by atoms with Crippen molar-refractivity contribution in [3.05, 3.63) is 23.5 Å². The van der Waals surface area contributed by atoms with Crippen LogP contribution in [0, 0.1) is 5.92 Å². The van der Waals surface area contributed by atoms with E-state index >= 15 is 0 Å². The molecule has 4 nitrogen and oxygen atoms in total. The van der Waals surface area contributed by atoms with Gasteiger partial charge >= 0.3 is 0 Å². The lowest BCUT2D eigenvalue weighted by molar-refractivity contribution is 0.112. The number of nitrogens with one attached hydrogen (secondary N) is 2. The molecular formula is C12H17N3O. The van der Waals surface area contributed by atoms with Crippen molar-refractivity contribution in [3.63, 3.8) is 0 Å². The minimum absolute atomic E-state index is 0. The van der Waals surface area contributed by atoms with Crippen LogP contribution < -0.4 is 10.8 Å². The number of fused-ring (bicyclic) bond motifs is 3. The predicted molar refractivity (Wildman–Crippen MR) is 61.5 cm³/mol. The summed E-state index contributed by atoms with van der Waals surface area (Å²) in [7, 11) is 0. The lowest BCUT2D eigenvalue weighted by Crippen LogP contribution is -2.27. The van der Waals surface area contributed by atoms with Crippen LogP contribution in [-0.2, 0) is 5.54 Å². The van der Waals surface area contributed by atoms with Crippen LogP contribution >= 0.6 is 0 Å². The van der Waals surface area contributed by atoms with Crippen molar-refractivity contribution in [1.82, 2.24) is 10.5 Å². The summed E-state index contributed by atoms with van der Waals surface area (Å²) < 4.78 is 0. The molecule has 0 spiro atoms. The van der Waals surface area contributed by atoms with Gasteiger partial charge in [-0.15, -0.1) is 0 Å². The van der Waals surface area contributed by atoms with E-state index in [1.54, 1.807) is 0 Å². The number of hydrogen-bond acceptors (Lipinski definition) is 4. The zero-order chi connectivity index (χ0) is 10.8. The number of nitrogens with zero attached hydrogens (tertiary/aromatic N) is 1. The van der Waals surface area contributed by atoms with Crippen LogP contribution in [0.3, 0.4) is 0 Å². The maximum Gasteiger partial charge on any atom is 0.0850 e. The molecule has 2 aliphatic carbocycles. The fraction of sp³-hybridized carbons (Fsp3) is 0.583. The molecule has 4 rings (SSSR count). The van der Waals surface area contributed by atoms with E-state index in [9.17, 15) is 5.21 Å². The Balaban J connectivity index is 0.000000902. The van der Waals surface area contributed by atoms with Crippen molar-refractivity contribution < 1.29 is 6.63 Å². The predicted octanol–water partition coefficient (Wildman–Crippen LogP) is 1.82. The van der Waals surface area contributed by atoms with Gasteiger partial charge in [0.05, 0.1) is 22.6 Å². The van der Waals surface area contributed by atoms with Gasteiger partial charge in [0, 0.05) is 13.9 Å². The molecule has 2 saturated carbocycles. The standard InChI is InChI=1S/C12H15N3O.H2/c16-15-12(3-4-12)10-2-1-9-11(14-10)8-5-7(8)6-13-9;/h1-2,7-8,13,15-16H,3-6H2;1H. The fourth-order valence-electron chi connectivity index (χ4n) is 2.77. The monoisotopic (exact) mass is 219 g/mol. The molecule has 2 unspecified atom stereocenters. The van der Waals surface area contributed by atoms with Crippen molar-refractivity contribution in [3.8, 4) is 0 Å². The van der Waals surface area contributed by atoms with Crippen LogP contribution in [0.15, 0.2) is 12.1 Å². The summed E-state index contributed by atoms with van der Waals surface area (Å²) in [5.41, 5.74) is 5.59. The van der Waals surface area contributed by atoms with Gasteiger partial charge in [-0.05, 0) is 37.3 Å². The average molecular weight is 219 g/mol. The Morgan fingerprint density at radius 1 is 1.50 bits per heavy atom. The molecule has 1 aromatic heterocycles. The lowest BCUT2D eigenvalue weighted by atomic mass is 10.1. The summed E-state index contributed by atoms with van der Waals surface area (Å²) in [4.78, 5) is 4.76. The maximum atomic E-state index is 9.18. The number of pyridine rings is 1. The Hall–Kier alpha value is -1.13. The first-order valence-corrected chi connectivity index (χ1v) is 5.99. The van der Waals surface area contributed by atoms with Gasteiger partial charge in [-0.3, -0.25) is 4.98 Å². The fourth-order valence-corrected chi connectivity index (χ4v) is 2.77. The Labute approximate surface area is 95.5 Å². The first kappa shape index (κ1) is 8.96. The Morgan fingerprint density at radius 2 is 2.38 bits per heavy atom. The molecule has 4 heteroatoms. The van der Waals surface area contributed by atoms with Crippen LogP contribution in [0.1, 0.15) is 38.0 Å². The molecule has 2 atom stereocenters. The third-order valence-corrected chi connectivity index (χ3v) is 4.21. The van der Waals surface area contributed by atoms with Crippen molar-refractivity contribution in [2.45, 2.75) is 30.7 Å². The van der Waals surface area contributed by atoms with Crippen LogP contribution in [0.4, 0.5) is 5.69 Å². The summed E-state index contributed by atoms with van der Waals surface area (Å²) >= 11 is 0. The number of rotatable bonds is 2. The number of hydroxylamine groups is 1. The van der Waals surface area contributed by atoms with E-state index < -0.39 is 0 Å². The molecular weight excluding hydrogens is 202 g/mol. The zero-order valence-corrected chi connectivity index (χ0v) is 9.03. The highest BCUT2D eigenvalue weighted by Gasteiger charge is 2.48. The molecule has 16 heavy (non-hydrogen) atoms. The summed E-state index contributed by atoms with van der Waals surface area (Å²) in [6.07, 6.45) is 3.24. The van der Waals surface area contributed by atoms with E-state index in [2.05, 4.69) is 16.9 Å². The highest BCUT2D eigenvalue weighted by atomic mass is 16.5. The molecule has 3 aliphatic rings. The van der Waals surface area contributed by atoms with E-state index in [1.165, 1.54) is 17.8 Å². The third kappa shape index (κ3) is 1.09. The molecule has 3 N–H and O–H groups in total. The Kier molecular flexibility index (Phi) is 1.54. The van der Waals surface area contributed by atoms with Gasteiger partial charge in [-0.1, -0.05) is 0 Å². The smallest absolute Gasteiger partial charge is 0.0850 e. The maximum absolute atomic E-state index is 9.18. The zero-order valence-electron chi connectivity index (χ0n) is 9.03. The Morgan fingerprint density at radius 3 is 3.12 bits per heavy atom. The molecule has 2 heterocycles. The molecule has 1 aliphatic heterocycles. The number of anilines is 1. The Bertz CT molecular complexity index is 461. The van der Waals surface area contributed by atoms with Gasteiger partial charge < -0.3 is 10.5 Å². The van der Waals surface area contributed by atoms with Gasteiger partial charge in [0.1, 0.15) is 0 Å². The topological polar surface area (TPSA) is 57.2 Å². The SMILES string of the molecule is ONC1(c2ccc3c(n2)C2CC2CN3)CC1.[HH]. The first-order chi connectivity index (χ1) is 7.82. The molecule has 0 amide bonds. The quantitative estimate of drug-likeness (QED) is 0.664.